The third-order valence-corrected chi connectivity index (χ3v) is 21.6. The van der Waals surface area contributed by atoms with Gasteiger partial charge in [-0.15, -0.1) is 0 Å². The molecule has 0 aromatic heterocycles. The SMILES string of the molecule is CC/C=C\C/C=C\C/C=C\C/C=C\C/C=C\C/C=C\CCCCCCCCCCCCCCC(=O)OCC(O)COP(=O)(O)OCC(O)COP(=O)(O)OCC(COC(=O)CCCCCCCCCCCCCC/C=C\C/C=C\C/C=C\C/C=C\C/C=C\C/C=C\CC)OC(=O)CCCCCCCC/C=C\C/C=C\C/C=C\C/C=C\C/C=C\C/C=C\CC. The van der Waals surface area contributed by atoms with Gasteiger partial charge in [-0.1, -0.05) is 394 Å². The van der Waals surface area contributed by atoms with E-state index in [1.807, 2.05) is 0 Å². The van der Waals surface area contributed by atoms with Gasteiger partial charge >= 0.3 is 33.6 Å². The Bertz CT molecular complexity index is 3120. The van der Waals surface area contributed by atoms with Crippen molar-refractivity contribution in [2.24, 2.45) is 0 Å². The summed E-state index contributed by atoms with van der Waals surface area (Å²) in [5.74, 6) is -1.60. The first kappa shape index (κ1) is 117. The standard InChI is InChI=1S/C105H172O16P2/c1-4-7-10-13-16-19-22-25-28-31-34-37-40-43-45-47-49-51-53-56-58-61-64-67-70-73-76-79-82-85-88-91-103(108)115-94-100(106)95-117-122(111,112)118-96-101(107)97-119-123(113,114)120-99-102(121-105(110)93-90-87-84-81-78-75-72-69-66-63-60-55-42-39-36-33-30-27-24-21-18-15-12-9-6-3)98-116-104(109)92-89-86-83-80-77-74-71-68-65-62-59-57-54-52-50-48-46-44-41-38-35-32-29-26-23-20-17-14-11-8-5-2/h7-12,16-21,25-30,34-39,43-46,49-52,55,60,66,69,100-102,106-107H,4-6,13-15,22-24,31-33,40-42,47-48,53-54,56-59,61-65,67-68,70-99H2,1-3H3,(H,111,112)(H,113,114)/b10-7-,11-8-,12-9-,19-16-,20-17-,21-18-,28-25-,29-26-,30-27-,37-34-,38-35-,39-36-,45-43-,46-44-,51-49-,52-50-,60-55-,69-66-. The van der Waals surface area contributed by atoms with Crippen LogP contribution in [-0.2, 0) is 55.8 Å². The number of aliphatic hydroxyl groups excluding tert-OH is 2. The minimum Gasteiger partial charge on any atom is -0.463 e. The molecule has 0 aliphatic carbocycles. The number of hydrogen-bond acceptors (Lipinski definition) is 14. The molecule has 4 N–H and O–H groups in total. The number of phosphoric acid groups is 2. The normalized spacial score (nSPS) is 14.7. The highest BCUT2D eigenvalue weighted by Gasteiger charge is 2.30. The van der Waals surface area contributed by atoms with Crippen molar-refractivity contribution in [3.8, 4) is 0 Å². The van der Waals surface area contributed by atoms with Crippen LogP contribution in [0.5, 0.6) is 0 Å². The molecule has 0 radical (unpaired) electrons. The molecule has 0 bridgehead atoms. The summed E-state index contributed by atoms with van der Waals surface area (Å²) in [6.07, 6.45) is 130. The summed E-state index contributed by atoms with van der Waals surface area (Å²) < 4.78 is 61.6. The molecule has 0 rings (SSSR count). The molecule has 0 spiro atoms. The van der Waals surface area contributed by atoms with E-state index in [4.69, 9.17) is 32.3 Å². The summed E-state index contributed by atoms with van der Waals surface area (Å²) in [7, 11) is -9.83. The maximum Gasteiger partial charge on any atom is 0.472 e. The van der Waals surface area contributed by atoms with Gasteiger partial charge in [0.2, 0.25) is 0 Å². The van der Waals surface area contributed by atoms with Crippen molar-refractivity contribution in [1.29, 1.82) is 0 Å². The number of allylic oxidation sites excluding steroid dienone is 36. The second-order valence-corrected chi connectivity index (χ2v) is 34.3. The lowest BCUT2D eigenvalue weighted by Crippen LogP contribution is -2.30. The lowest BCUT2D eigenvalue weighted by Gasteiger charge is -2.21. The van der Waals surface area contributed by atoms with Crippen molar-refractivity contribution in [1.82, 2.24) is 0 Å². The zero-order chi connectivity index (χ0) is 89.3. The molecular weight excluding hydrogens is 1580 g/mol. The number of carbonyl (C=O) groups is 3. The van der Waals surface area contributed by atoms with Gasteiger partial charge in [0.25, 0.3) is 0 Å². The second-order valence-electron chi connectivity index (χ2n) is 31.4. The summed E-state index contributed by atoms with van der Waals surface area (Å²) in [5, 5.41) is 20.8. The Balaban J connectivity index is 4.68. The number of ether oxygens (including phenoxy) is 3. The number of carbonyl (C=O) groups excluding carboxylic acids is 3. The quantitative estimate of drug-likeness (QED) is 0.0146. The van der Waals surface area contributed by atoms with E-state index in [-0.39, 0.29) is 19.3 Å². The molecule has 0 aromatic carbocycles. The summed E-state index contributed by atoms with van der Waals surface area (Å²) in [4.78, 5) is 59.1. The molecular formula is C105H172O16P2. The first-order valence-corrected chi connectivity index (χ1v) is 51.0. The van der Waals surface area contributed by atoms with Crippen LogP contribution in [0.4, 0.5) is 0 Å². The van der Waals surface area contributed by atoms with E-state index >= 15 is 0 Å². The topological polar surface area (TPSA) is 231 Å². The zero-order valence-corrected chi connectivity index (χ0v) is 78.8. The van der Waals surface area contributed by atoms with Crippen LogP contribution < -0.4 is 0 Å². The molecule has 5 atom stereocenters. The molecule has 0 heterocycles. The number of hydrogen-bond donors (Lipinski definition) is 4. The maximum absolute atomic E-state index is 13.1. The molecule has 0 amide bonds. The molecule has 0 fully saturated rings. The first-order chi connectivity index (χ1) is 60.2. The van der Waals surface area contributed by atoms with Crippen molar-refractivity contribution in [3.05, 3.63) is 219 Å². The van der Waals surface area contributed by atoms with Gasteiger partial charge < -0.3 is 34.2 Å². The zero-order valence-electron chi connectivity index (χ0n) is 77.0. The minimum absolute atomic E-state index is 0.0792. The molecule has 0 aliphatic rings. The summed E-state index contributed by atoms with van der Waals surface area (Å²) >= 11 is 0. The number of aliphatic hydroxyl groups is 2. The molecule has 0 aromatic rings. The fourth-order valence-corrected chi connectivity index (χ4v) is 14.1. The highest BCUT2D eigenvalue weighted by Crippen LogP contribution is 2.45. The second kappa shape index (κ2) is 95.0. The monoisotopic (exact) mass is 1750 g/mol. The maximum atomic E-state index is 13.1. The van der Waals surface area contributed by atoms with E-state index in [1.165, 1.54) is 96.3 Å². The third kappa shape index (κ3) is 96.4. The van der Waals surface area contributed by atoms with Crippen molar-refractivity contribution in [2.45, 2.75) is 386 Å². The first-order valence-electron chi connectivity index (χ1n) is 48.0. The van der Waals surface area contributed by atoms with Gasteiger partial charge in [-0.3, -0.25) is 32.5 Å². The van der Waals surface area contributed by atoms with Crippen molar-refractivity contribution in [3.63, 3.8) is 0 Å². The van der Waals surface area contributed by atoms with Crippen LogP contribution in [0, 0.1) is 0 Å². The number of unbranched alkanes of at least 4 members (excludes halogenated alkanes) is 30. The van der Waals surface area contributed by atoms with Crippen LogP contribution in [0.25, 0.3) is 0 Å². The van der Waals surface area contributed by atoms with Gasteiger partial charge in [-0.25, -0.2) is 9.13 Å². The van der Waals surface area contributed by atoms with Gasteiger partial charge in [0.15, 0.2) is 6.10 Å². The summed E-state index contributed by atoms with van der Waals surface area (Å²) in [5.41, 5.74) is 0. The van der Waals surface area contributed by atoms with Crippen LogP contribution in [0.15, 0.2) is 219 Å². The van der Waals surface area contributed by atoms with E-state index < -0.39 is 91.5 Å². The Kier molecular flexibility index (Phi) is 90.3. The van der Waals surface area contributed by atoms with E-state index in [0.717, 1.165) is 212 Å². The van der Waals surface area contributed by atoms with E-state index in [2.05, 4.69) is 240 Å². The fraction of sp³-hybridized carbons (Fsp3) is 0.629. The predicted octanol–water partition coefficient (Wildman–Crippen LogP) is 30.1. The molecule has 0 saturated carbocycles. The van der Waals surface area contributed by atoms with Gasteiger partial charge in [-0.05, 0) is 173 Å². The highest BCUT2D eigenvalue weighted by molar-refractivity contribution is 7.47. The van der Waals surface area contributed by atoms with Crippen molar-refractivity contribution in [2.75, 3.05) is 39.6 Å². The van der Waals surface area contributed by atoms with Crippen LogP contribution in [0.1, 0.15) is 367 Å². The van der Waals surface area contributed by atoms with E-state index in [1.54, 1.807) is 0 Å². The highest BCUT2D eigenvalue weighted by atomic mass is 31.2. The summed E-state index contributed by atoms with van der Waals surface area (Å²) in [6, 6.07) is 0. The Labute approximate surface area is 749 Å². The Morgan fingerprint density at radius 1 is 0.228 bits per heavy atom. The predicted molar refractivity (Wildman–Crippen MR) is 518 cm³/mol. The van der Waals surface area contributed by atoms with Crippen molar-refractivity contribution >= 4 is 33.6 Å². The van der Waals surface area contributed by atoms with Gasteiger partial charge in [0, 0.05) is 19.3 Å². The molecule has 5 unspecified atom stereocenters. The number of phosphoric ester groups is 2. The largest absolute Gasteiger partial charge is 0.472 e. The molecule has 123 heavy (non-hydrogen) atoms. The van der Waals surface area contributed by atoms with E-state index in [9.17, 15) is 43.5 Å². The van der Waals surface area contributed by atoms with Gasteiger partial charge in [-0.2, -0.15) is 0 Å². The van der Waals surface area contributed by atoms with E-state index in [0.29, 0.717) is 19.3 Å². The molecule has 0 saturated heterocycles. The number of rotatable bonds is 89. The minimum atomic E-state index is -4.96. The van der Waals surface area contributed by atoms with Crippen LogP contribution in [0.2, 0.25) is 0 Å². The number of esters is 3. The average molecular weight is 1750 g/mol. The van der Waals surface area contributed by atoms with Gasteiger partial charge in [0.05, 0.1) is 26.4 Å². The van der Waals surface area contributed by atoms with Crippen LogP contribution in [-0.4, -0.2) is 95.9 Å². The Morgan fingerprint density at radius 3 is 0.642 bits per heavy atom. The smallest absolute Gasteiger partial charge is 0.463 e. The molecule has 698 valence electrons. The van der Waals surface area contributed by atoms with Crippen LogP contribution in [0.3, 0.4) is 0 Å². The molecule has 0 aliphatic heterocycles. The summed E-state index contributed by atoms with van der Waals surface area (Å²) in [6.45, 7) is 2.34. The molecule has 18 heteroatoms. The fourth-order valence-electron chi connectivity index (χ4n) is 12.5. The Hall–Kier alpha value is -6.13. The third-order valence-electron chi connectivity index (χ3n) is 19.7. The van der Waals surface area contributed by atoms with Crippen molar-refractivity contribution < 1.29 is 75.8 Å². The van der Waals surface area contributed by atoms with Crippen LogP contribution >= 0.6 is 15.6 Å². The molecule has 16 nitrogen and oxygen atoms in total. The lowest BCUT2D eigenvalue weighted by atomic mass is 10.0. The average Bonchev–Trinajstić information content (AvgIpc) is 0.898. The Morgan fingerprint density at radius 2 is 0.407 bits per heavy atom. The lowest BCUT2D eigenvalue weighted by molar-refractivity contribution is -0.161. The van der Waals surface area contributed by atoms with Gasteiger partial charge in [0.1, 0.15) is 25.4 Å².